The molecule has 0 radical (unpaired) electrons. The van der Waals surface area contributed by atoms with Gasteiger partial charge in [0.05, 0.1) is 5.92 Å². The molecule has 2 amide bonds. The van der Waals surface area contributed by atoms with Crippen LogP contribution in [0.4, 0.5) is 4.79 Å². The number of likely N-dealkylation sites (tertiary alicyclic amines) is 1. The first-order valence-corrected chi connectivity index (χ1v) is 7.40. The van der Waals surface area contributed by atoms with Crippen molar-refractivity contribution in [3.05, 3.63) is 0 Å². The number of aliphatic carboxylic acids is 1. The Bertz CT molecular complexity index is 286. The van der Waals surface area contributed by atoms with Gasteiger partial charge >= 0.3 is 12.0 Å². The molecule has 1 rings (SSSR count). The maximum absolute atomic E-state index is 12.0. The number of nitrogens with one attached hydrogen (secondary N) is 1. The van der Waals surface area contributed by atoms with Crippen LogP contribution in [0.2, 0.25) is 0 Å². The van der Waals surface area contributed by atoms with Gasteiger partial charge in [-0.1, -0.05) is 32.6 Å². The standard InChI is InChI=1S/C14H26N2O3/c1-2-8-12(13(17)18)11-15-14(19)16-9-6-4-3-5-7-10-16/h12H,2-11H2,1H3,(H,15,19)(H,17,18). The molecule has 110 valence electrons. The summed E-state index contributed by atoms with van der Waals surface area (Å²) >= 11 is 0. The van der Waals surface area contributed by atoms with Gasteiger partial charge in [-0.3, -0.25) is 4.79 Å². The number of carboxylic acid groups (broad SMARTS) is 1. The highest BCUT2D eigenvalue weighted by atomic mass is 16.4. The van der Waals surface area contributed by atoms with Crippen LogP contribution in [0.25, 0.3) is 0 Å². The van der Waals surface area contributed by atoms with Crippen molar-refractivity contribution < 1.29 is 14.7 Å². The van der Waals surface area contributed by atoms with Crippen LogP contribution < -0.4 is 5.32 Å². The molecule has 0 aromatic heterocycles. The summed E-state index contributed by atoms with van der Waals surface area (Å²) in [6, 6.07) is -0.107. The largest absolute Gasteiger partial charge is 0.481 e. The molecule has 0 bridgehead atoms. The minimum absolute atomic E-state index is 0.107. The average Bonchev–Trinajstić information content (AvgIpc) is 2.33. The smallest absolute Gasteiger partial charge is 0.317 e. The Morgan fingerprint density at radius 3 is 2.26 bits per heavy atom. The molecule has 1 atom stereocenters. The predicted molar refractivity (Wildman–Crippen MR) is 74.1 cm³/mol. The van der Waals surface area contributed by atoms with Crippen molar-refractivity contribution >= 4 is 12.0 Å². The molecule has 0 spiro atoms. The summed E-state index contributed by atoms with van der Waals surface area (Å²) < 4.78 is 0. The van der Waals surface area contributed by atoms with Crippen molar-refractivity contribution in [1.82, 2.24) is 10.2 Å². The summed E-state index contributed by atoms with van der Waals surface area (Å²) in [7, 11) is 0. The molecule has 1 heterocycles. The molecule has 1 saturated heterocycles. The van der Waals surface area contributed by atoms with Crippen LogP contribution in [0.15, 0.2) is 0 Å². The fourth-order valence-corrected chi connectivity index (χ4v) is 2.43. The molecule has 5 nitrogen and oxygen atoms in total. The third-order valence-electron chi connectivity index (χ3n) is 3.63. The molecular weight excluding hydrogens is 244 g/mol. The molecule has 1 aliphatic rings. The summed E-state index contributed by atoms with van der Waals surface area (Å²) in [6.45, 7) is 3.77. The van der Waals surface area contributed by atoms with Gasteiger partial charge in [-0.05, 0) is 19.3 Å². The second kappa shape index (κ2) is 8.77. The topological polar surface area (TPSA) is 69.6 Å². The quantitative estimate of drug-likeness (QED) is 0.806. The van der Waals surface area contributed by atoms with E-state index >= 15 is 0 Å². The molecule has 0 aliphatic carbocycles. The van der Waals surface area contributed by atoms with Gasteiger partial charge in [0.15, 0.2) is 0 Å². The van der Waals surface area contributed by atoms with E-state index < -0.39 is 11.9 Å². The van der Waals surface area contributed by atoms with Crippen LogP contribution in [0.1, 0.15) is 51.9 Å². The summed E-state index contributed by atoms with van der Waals surface area (Å²) in [5.74, 6) is -1.29. The maximum Gasteiger partial charge on any atom is 0.317 e. The predicted octanol–water partition coefficient (Wildman–Crippen LogP) is 2.46. The first-order chi connectivity index (χ1) is 9.15. The van der Waals surface area contributed by atoms with Gasteiger partial charge in [0.2, 0.25) is 0 Å². The Balaban J connectivity index is 2.37. The number of carbonyl (C=O) groups is 2. The number of rotatable bonds is 5. The van der Waals surface area contributed by atoms with Gasteiger partial charge in [-0.15, -0.1) is 0 Å². The van der Waals surface area contributed by atoms with E-state index in [2.05, 4.69) is 5.32 Å². The number of amides is 2. The molecule has 1 aliphatic heterocycles. The Hall–Kier alpha value is -1.26. The molecule has 19 heavy (non-hydrogen) atoms. The second-order valence-corrected chi connectivity index (χ2v) is 5.26. The fourth-order valence-electron chi connectivity index (χ4n) is 2.43. The highest BCUT2D eigenvalue weighted by molar-refractivity contribution is 5.76. The first-order valence-electron chi connectivity index (χ1n) is 7.40. The number of urea groups is 1. The van der Waals surface area contributed by atoms with E-state index in [4.69, 9.17) is 5.11 Å². The van der Waals surface area contributed by atoms with E-state index in [9.17, 15) is 9.59 Å². The third-order valence-corrected chi connectivity index (χ3v) is 3.63. The van der Waals surface area contributed by atoms with E-state index in [1.54, 1.807) is 0 Å². The number of nitrogens with zero attached hydrogens (tertiary/aromatic N) is 1. The van der Waals surface area contributed by atoms with Gasteiger partial charge in [0, 0.05) is 19.6 Å². The van der Waals surface area contributed by atoms with Crippen molar-refractivity contribution in [2.75, 3.05) is 19.6 Å². The van der Waals surface area contributed by atoms with Crippen molar-refractivity contribution in [1.29, 1.82) is 0 Å². The second-order valence-electron chi connectivity index (χ2n) is 5.26. The third kappa shape index (κ3) is 5.94. The minimum Gasteiger partial charge on any atom is -0.481 e. The van der Waals surface area contributed by atoms with Crippen LogP contribution in [0.3, 0.4) is 0 Å². The van der Waals surface area contributed by atoms with Gasteiger partial charge in [-0.2, -0.15) is 0 Å². The van der Waals surface area contributed by atoms with Crippen LogP contribution in [-0.2, 0) is 4.79 Å². The van der Waals surface area contributed by atoms with Crippen molar-refractivity contribution in [2.45, 2.75) is 51.9 Å². The zero-order chi connectivity index (χ0) is 14.1. The van der Waals surface area contributed by atoms with E-state index in [-0.39, 0.29) is 12.6 Å². The summed E-state index contributed by atoms with van der Waals surface area (Å²) in [5, 5.41) is 11.8. The lowest BCUT2D eigenvalue weighted by Gasteiger charge is -2.25. The number of hydrogen-bond donors (Lipinski definition) is 2. The normalized spacial score (nSPS) is 18.3. The number of carbonyl (C=O) groups excluding carboxylic acids is 1. The minimum atomic E-state index is -0.824. The van der Waals surface area contributed by atoms with E-state index in [1.807, 2.05) is 11.8 Å². The van der Waals surface area contributed by atoms with Crippen LogP contribution >= 0.6 is 0 Å². The molecule has 1 unspecified atom stereocenters. The lowest BCUT2D eigenvalue weighted by molar-refractivity contribution is -0.141. The molecule has 0 saturated carbocycles. The van der Waals surface area contributed by atoms with Crippen LogP contribution in [-0.4, -0.2) is 41.6 Å². The Kier molecular flexibility index (Phi) is 7.30. The maximum atomic E-state index is 12.0. The molecule has 1 fully saturated rings. The van der Waals surface area contributed by atoms with Crippen LogP contribution in [0.5, 0.6) is 0 Å². The molecule has 2 N–H and O–H groups in total. The van der Waals surface area contributed by atoms with Crippen molar-refractivity contribution in [2.24, 2.45) is 5.92 Å². The Morgan fingerprint density at radius 1 is 1.16 bits per heavy atom. The van der Waals surface area contributed by atoms with Gasteiger partial charge in [0.1, 0.15) is 0 Å². The van der Waals surface area contributed by atoms with E-state index in [0.29, 0.717) is 6.42 Å². The van der Waals surface area contributed by atoms with Gasteiger partial charge in [0.25, 0.3) is 0 Å². The summed E-state index contributed by atoms with van der Waals surface area (Å²) in [6.07, 6.45) is 7.13. The summed E-state index contributed by atoms with van der Waals surface area (Å²) in [5.41, 5.74) is 0. The fraction of sp³-hybridized carbons (Fsp3) is 0.857. The molecule has 0 aromatic carbocycles. The monoisotopic (exact) mass is 270 g/mol. The molecular formula is C14H26N2O3. The zero-order valence-corrected chi connectivity index (χ0v) is 11.9. The lowest BCUT2D eigenvalue weighted by atomic mass is 10.0. The average molecular weight is 270 g/mol. The molecule has 0 aromatic rings. The first kappa shape index (κ1) is 15.8. The Labute approximate surface area is 115 Å². The van der Waals surface area contributed by atoms with Gasteiger partial charge in [-0.25, -0.2) is 4.79 Å². The SMILES string of the molecule is CCCC(CNC(=O)N1CCCCCCC1)C(=O)O. The van der Waals surface area contributed by atoms with Crippen molar-refractivity contribution in [3.63, 3.8) is 0 Å². The van der Waals surface area contributed by atoms with Crippen molar-refractivity contribution in [3.8, 4) is 0 Å². The van der Waals surface area contributed by atoms with Gasteiger partial charge < -0.3 is 15.3 Å². The van der Waals surface area contributed by atoms with Crippen LogP contribution in [0, 0.1) is 5.92 Å². The highest BCUT2D eigenvalue weighted by Gasteiger charge is 2.19. The van der Waals surface area contributed by atoms with E-state index in [1.165, 1.54) is 19.3 Å². The number of carboxylic acids is 1. The lowest BCUT2D eigenvalue weighted by Crippen LogP contribution is -2.44. The van der Waals surface area contributed by atoms with E-state index in [0.717, 1.165) is 32.4 Å². The highest BCUT2D eigenvalue weighted by Crippen LogP contribution is 2.11. The number of hydrogen-bond acceptors (Lipinski definition) is 2. The zero-order valence-electron chi connectivity index (χ0n) is 11.9. The Morgan fingerprint density at radius 2 is 1.74 bits per heavy atom. The summed E-state index contributed by atoms with van der Waals surface area (Å²) in [4.78, 5) is 24.9. The molecule has 5 heteroatoms.